The zero-order chi connectivity index (χ0) is 25.2. The number of amides is 5. The van der Waals surface area contributed by atoms with Gasteiger partial charge >= 0.3 is 0 Å². The van der Waals surface area contributed by atoms with E-state index in [1.54, 1.807) is 29.1 Å². The summed E-state index contributed by atoms with van der Waals surface area (Å²) in [5.41, 5.74) is 2.17. The van der Waals surface area contributed by atoms with Crippen molar-refractivity contribution in [2.45, 2.75) is 45.4 Å². The van der Waals surface area contributed by atoms with Crippen LogP contribution in [0.15, 0.2) is 24.4 Å². The number of hydrogen-bond acceptors (Lipinski definition) is 8. The molecular weight excluding hydrogens is 456 g/mol. The van der Waals surface area contributed by atoms with Crippen molar-refractivity contribution >= 4 is 36.2 Å². The summed E-state index contributed by atoms with van der Waals surface area (Å²) >= 11 is 0. The van der Waals surface area contributed by atoms with Gasteiger partial charge in [-0.25, -0.2) is 0 Å². The number of imide groups is 1. The molecule has 1 aliphatic rings. The molecule has 1 atom stereocenters. The first-order valence-corrected chi connectivity index (χ1v) is 11.2. The first-order chi connectivity index (χ1) is 17.0. The topological polar surface area (TPSA) is 167 Å². The van der Waals surface area contributed by atoms with Crippen LogP contribution in [0.1, 0.15) is 41.4 Å². The fourth-order valence-corrected chi connectivity index (χ4v) is 3.84. The third-order valence-corrected chi connectivity index (χ3v) is 5.47. The van der Waals surface area contributed by atoms with Crippen LogP contribution < -0.4 is 21.3 Å². The minimum atomic E-state index is -0.776. The highest BCUT2D eigenvalue weighted by atomic mass is 16.2. The first-order valence-electron chi connectivity index (χ1n) is 11.2. The van der Waals surface area contributed by atoms with Crippen LogP contribution in [0.3, 0.4) is 0 Å². The van der Waals surface area contributed by atoms with Crippen molar-refractivity contribution in [3.63, 3.8) is 0 Å². The van der Waals surface area contributed by atoms with Crippen molar-refractivity contribution in [3.05, 3.63) is 41.2 Å². The molecule has 0 spiro atoms. The summed E-state index contributed by atoms with van der Waals surface area (Å²) < 4.78 is 1.60. The van der Waals surface area contributed by atoms with Gasteiger partial charge in [-0.05, 0) is 18.6 Å². The number of carbonyl (C=O) groups is 5. The van der Waals surface area contributed by atoms with E-state index < -0.39 is 11.9 Å². The molecule has 1 aromatic carbocycles. The Hall–Kier alpha value is -4.13. The highest BCUT2D eigenvalue weighted by molar-refractivity contribution is 6.04. The van der Waals surface area contributed by atoms with E-state index in [1.807, 2.05) is 6.92 Å². The van der Waals surface area contributed by atoms with E-state index in [0.717, 1.165) is 0 Å². The van der Waals surface area contributed by atoms with Gasteiger partial charge < -0.3 is 20.9 Å². The summed E-state index contributed by atoms with van der Waals surface area (Å²) in [6, 6.07) is 4.26. The highest BCUT2D eigenvalue weighted by Gasteiger charge is 2.37. The first kappa shape index (κ1) is 25.5. The molecule has 0 saturated carbocycles. The molecule has 0 bridgehead atoms. The van der Waals surface area contributed by atoms with Crippen LogP contribution in [-0.2, 0) is 38.8 Å². The molecule has 1 aliphatic heterocycles. The van der Waals surface area contributed by atoms with Crippen LogP contribution in [0.2, 0.25) is 0 Å². The van der Waals surface area contributed by atoms with Gasteiger partial charge in [-0.2, -0.15) is 0 Å². The lowest BCUT2D eigenvalue weighted by atomic mass is 10.1. The number of fused-ring (bicyclic) bond motifs is 1. The normalized spacial score (nSPS) is 13.2. The van der Waals surface area contributed by atoms with Crippen molar-refractivity contribution in [1.29, 1.82) is 0 Å². The summed E-state index contributed by atoms with van der Waals surface area (Å²) in [6.45, 7) is 3.31. The van der Waals surface area contributed by atoms with Crippen molar-refractivity contribution < 1.29 is 24.0 Å². The van der Waals surface area contributed by atoms with E-state index in [4.69, 9.17) is 0 Å². The molecule has 186 valence electrons. The molecule has 2 heterocycles. The van der Waals surface area contributed by atoms with E-state index in [-0.39, 0.29) is 24.9 Å². The monoisotopic (exact) mass is 484 g/mol. The Morgan fingerprint density at radius 2 is 2.06 bits per heavy atom. The molecule has 0 fully saturated rings. The average Bonchev–Trinajstić information content (AvgIpc) is 3.44. The van der Waals surface area contributed by atoms with Crippen molar-refractivity contribution in [2.24, 2.45) is 0 Å². The average molecular weight is 485 g/mol. The fourth-order valence-electron chi connectivity index (χ4n) is 3.84. The van der Waals surface area contributed by atoms with Crippen molar-refractivity contribution in [2.75, 3.05) is 18.4 Å². The number of rotatable bonds is 14. The molecule has 13 nitrogen and oxygen atoms in total. The minimum absolute atomic E-state index is 0.0375. The zero-order valence-electron chi connectivity index (χ0n) is 19.3. The Morgan fingerprint density at radius 1 is 1.23 bits per heavy atom. The number of aromatic nitrogens is 3. The molecule has 0 saturated heterocycles. The van der Waals surface area contributed by atoms with Gasteiger partial charge in [0.2, 0.25) is 24.6 Å². The van der Waals surface area contributed by atoms with E-state index in [0.29, 0.717) is 67.8 Å². The molecule has 35 heavy (non-hydrogen) atoms. The molecule has 5 amide bonds. The van der Waals surface area contributed by atoms with Gasteiger partial charge in [-0.3, -0.25) is 34.0 Å². The maximum Gasteiger partial charge on any atom is 0.255 e. The molecule has 3 rings (SSSR count). The van der Waals surface area contributed by atoms with Gasteiger partial charge in [-0.1, -0.05) is 24.6 Å². The summed E-state index contributed by atoms with van der Waals surface area (Å²) in [5, 5.41) is 18.4. The molecular formula is C22H28N8O5. The zero-order valence-corrected chi connectivity index (χ0v) is 19.3. The van der Waals surface area contributed by atoms with Crippen LogP contribution in [0, 0.1) is 0 Å². The standard InChI is InChI=1S/C22H28N8O5/c1-2-4-19(21(34)25-14-32)30-12-17-16(22(30)35)5-3-6-18(17)26-20(33)10-23-7-8-29-11-15(27-28-29)9-24-13-31/h3,5-6,11,13-14,19,23H,2,4,7-10,12H2,1H3,(H,24,31)(H,26,33)(H,25,32,34). The van der Waals surface area contributed by atoms with Crippen molar-refractivity contribution in [1.82, 2.24) is 35.8 Å². The van der Waals surface area contributed by atoms with E-state index >= 15 is 0 Å². The lowest BCUT2D eigenvalue weighted by Crippen LogP contribution is -2.46. The Labute approximate surface area is 201 Å². The van der Waals surface area contributed by atoms with Gasteiger partial charge in [0.05, 0.1) is 25.8 Å². The van der Waals surface area contributed by atoms with E-state index in [9.17, 15) is 24.0 Å². The third kappa shape index (κ3) is 6.47. The van der Waals surface area contributed by atoms with Gasteiger partial charge in [0, 0.05) is 29.9 Å². The fraction of sp³-hybridized carbons (Fsp3) is 0.409. The molecule has 1 unspecified atom stereocenters. The number of hydrogen-bond donors (Lipinski definition) is 4. The van der Waals surface area contributed by atoms with Crippen molar-refractivity contribution in [3.8, 4) is 0 Å². The number of benzene rings is 1. The second-order valence-corrected chi connectivity index (χ2v) is 7.89. The number of anilines is 1. The van der Waals surface area contributed by atoms with Crippen LogP contribution in [0.4, 0.5) is 5.69 Å². The Morgan fingerprint density at radius 3 is 2.80 bits per heavy atom. The predicted molar refractivity (Wildman–Crippen MR) is 124 cm³/mol. The predicted octanol–water partition coefficient (Wildman–Crippen LogP) is -0.850. The molecule has 0 radical (unpaired) electrons. The smallest absolute Gasteiger partial charge is 0.255 e. The van der Waals surface area contributed by atoms with Gasteiger partial charge in [0.15, 0.2) is 0 Å². The molecule has 0 aliphatic carbocycles. The van der Waals surface area contributed by atoms with Gasteiger partial charge in [-0.15, -0.1) is 5.10 Å². The quantitative estimate of drug-likeness (QED) is 0.199. The third-order valence-electron chi connectivity index (χ3n) is 5.47. The van der Waals surface area contributed by atoms with Crippen LogP contribution in [0.25, 0.3) is 0 Å². The Bertz CT molecular complexity index is 1090. The van der Waals surface area contributed by atoms with Crippen LogP contribution in [-0.4, -0.2) is 69.6 Å². The summed E-state index contributed by atoms with van der Waals surface area (Å²) in [5.74, 6) is -1.14. The Balaban J connectivity index is 1.55. The number of carbonyl (C=O) groups excluding carboxylic acids is 5. The SMILES string of the molecule is CCCC(C(=O)NC=O)N1Cc2c(NC(=O)CNCCn3cc(CNC=O)nn3)cccc2C1=O. The molecule has 1 aromatic heterocycles. The van der Waals surface area contributed by atoms with E-state index in [1.165, 1.54) is 4.90 Å². The summed E-state index contributed by atoms with van der Waals surface area (Å²) in [4.78, 5) is 60.3. The summed E-state index contributed by atoms with van der Waals surface area (Å²) in [6.07, 6.45) is 3.66. The van der Waals surface area contributed by atoms with Gasteiger partial charge in [0.25, 0.3) is 5.91 Å². The molecule has 4 N–H and O–H groups in total. The number of nitrogens with zero attached hydrogens (tertiary/aromatic N) is 4. The molecule has 13 heteroatoms. The number of nitrogens with one attached hydrogen (secondary N) is 4. The molecule has 2 aromatic rings. The largest absolute Gasteiger partial charge is 0.353 e. The maximum atomic E-state index is 13.0. The van der Waals surface area contributed by atoms with E-state index in [2.05, 4.69) is 31.6 Å². The van der Waals surface area contributed by atoms with Crippen LogP contribution in [0.5, 0.6) is 0 Å². The Kier molecular flexibility index (Phi) is 9.01. The minimum Gasteiger partial charge on any atom is -0.353 e. The second-order valence-electron chi connectivity index (χ2n) is 7.89. The van der Waals surface area contributed by atoms with Gasteiger partial charge in [0.1, 0.15) is 11.7 Å². The maximum absolute atomic E-state index is 13.0. The summed E-state index contributed by atoms with van der Waals surface area (Å²) in [7, 11) is 0. The second kappa shape index (κ2) is 12.4. The lowest BCUT2D eigenvalue weighted by molar-refractivity contribution is -0.129. The van der Waals surface area contributed by atoms with Crippen LogP contribution >= 0.6 is 0 Å². The lowest BCUT2D eigenvalue weighted by Gasteiger charge is -2.25. The highest BCUT2D eigenvalue weighted by Crippen LogP contribution is 2.31.